The fraction of sp³-hybridized carbons (Fsp3) is 0.609. The number of ether oxygens (including phenoxy) is 3. The first kappa shape index (κ1) is 24.8. The molecule has 2 atom stereocenters. The molecular formula is C23H37NO5. The second kappa shape index (κ2) is 11.1. The molecule has 29 heavy (non-hydrogen) atoms. The van der Waals surface area contributed by atoms with Crippen LogP contribution in [0.4, 0.5) is 4.79 Å². The number of allylic oxidation sites excluding steroid dienone is 1. The Labute approximate surface area is 175 Å². The van der Waals surface area contributed by atoms with E-state index in [1.54, 1.807) is 39.0 Å². The van der Waals surface area contributed by atoms with Crippen LogP contribution in [0.25, 0.3) is 0 Å². The monoisotopic (exact) mass is 407 g/mol. The summed E-state index contributed by atoms with van der Waals surface area (Å²) in [5.41, 5.74) is -0.295. The summed E-state index contributed by atoms with van der Waals surface area (Å²) in [5, 5.41) is 11.4. The van der Waals surface area contributed by atoms with Crippen molar-refractivity contribution < 1.29 is 24.1 Å². The van der Waals surface area contributed by atoms with Crippen LogP contribution < -0.4 is 9.47 Å². The maximum absolute atomic E-state index is 13.2. The maximum atomic E-state index is 13.2. The van der Waals surface area contributed by atoms with Crippen LogP contribution in [0, 0.1) is 5.92 Å². The van der Waals surface area contributed by atoms with Crippen LogP contribution in [0.15, 0.2) is 30.9 Å². The van der Waals surface area contributed by atoms with Crippen LogP contribution in [-0.2, 0) is 4.74 Å². The van der Waals surface area contributed by atoms with E-state index in [1.165, 1.54) is 19.1 Å². The molecule has 164 valence electrons. The molecule has 0 fully saturated rings. The standard InChI is InChI=1S/C23H37NO5/c1-9-10-12-17(15-16(2)3)24(22(26)29-23(4,5)6)21(25)20-18(27-7)13-11-14-19(20)28-8/h9,11,13-14,16-17,21,25H,1,10,12,15H2,2-8H3. The van der Waals surface area contributed by atoms with Crippen LogP contribution in [0.1, 0.15) is 65.7 Å². The van der Waals surface area contributed by atoms with Gasteiger partial charge in [0.25, 0.3) is 0 Å². The molecule has 6 heteroatoms. The minimum absolute atomic E-state index is 0.243. The molecule has 1 N–H and O–H groups in total. The second-order valence-corrected chi connectivity index (χ2v) is 8.49. The summed E-state index contributed by atoms with van der Waals surface area (Å²) in [6.45, 7) is 13.4. The fourth-order valence-electron chi connectivity index (χ4n) is 3.26. The van der Waals surface area contributed by atoms with Gasteiger partial charge >= 0.3 is 6.09 Å². The minimum atomic E-state index is -1.29. The highest BCUT2D eigenvalue weighted by Crippen LogP contribution is 2.38. The van der Waals surface area contributed by atoms with Gasteiger partial charge in [-0.3, -0.25) is 4.90 Å². The van der Waals surface area contributed by atoms with Crippen LogP contribution in [-0.4, -0.2) is 42.0 Å². The number of amides is 1. The highest BCUT2D eigenvalue weighted by molar-refractivity contribution is 5.69. The third-order valence-electron chi connectivity index (χ3n) is 4.43. The van der Waals surface area contributed by atoms with Crippen molar-refractivity contribution in [2.24, 2.45) is 5.92 Å². The molecule has 1 amide bonds. The normalized spacial score (nSPS) is 13.6. The number of aliphatic hydroxyl groups is 1. The van der Waals surface area contributed by atoms with E-state index >= 15 is 0 Å². The van der Waals surface area contributed by atoms with E-state index in [9.17, 15) is 9.90 Å². The van der Waals surface area contributed by atoms with Gasteiger partial charge < -0.3 is 19.3 Å². The van der Waals surface area contributed by atoms with Gasteiger partial charge in [0.1, 0.15) is 17.1 Å². The zero-order chi connectivity index (χ0) is 22.2. The minimum Gasteiger partial charge on any atom is -0.496 e. The Kier molecular flexibility index (Phi) is 9.50. The van der Waals surface area contributed by atoms with Gasteiger partial charge in [0.2, 0.25) is 0 Å². The van der Waals surface area contributed by atoms with Gasteiger partial charge in [-0.15, -0.1) is 6.58 Å². The smallest absolute Gasteiger partial charge is 0.412 e. The molecule has 0 aliphatic rings. The van der Waals surface area contributed by atoms with Gasteiger partial charge in [0.05, 0.1) is 19.8 Å². The Balaban J connectivity index is 3.49. The molecule has 0 aromatic heterocycles. The summed E-state index contributed by atoms with van der Waals surface area (Å²) in [6.07, 6.45) is 2.04. The van der Waals surface area contributed by atoms with Gasteiger partial charge in [0, 0.05) is 6.04 Å². The Hall–Kier alpha value is -2.21. The molecule has 0 spiro atoms. The van der Waals surface area contributed by atoms with Gasteiger partial charge in [-0.05, 0) is 58.1 Å². The van der Waals surface area contributed by atoms with Crippen molar-refractivity contribution in [1.29, 1.82) is 0 Å². The number of rotatable bonds is 10. The van der Waals surface area contributed by atoms with E-state index in [-0.39, 0.29) is 6.04 Å². The highest BCUT2D eigenvalue weighted by atomic mass is 16.6. The number of methoxy groups -OCH3 is 2. The Morgan fingerprint density at radius 1 is 1.21 bits per heavy atom. The molecule has 0 saturated heterocycles. The number of hydrogen-bond donors (Lipinski definition) is 1. The van der Waals surface area contributed by atoms with Crippen molar-refractivity contribution in [3.63, 3.8) is 0 Å². The van der Waals surface area contributed by atoms with Gasteiger partial charge in [0.15, 0.2) is 6.23 Å². The highest BCUT2D eigenvalue weighted by Gasteiger charge is 2.36. The SMILES string of the molecule is C=CCCC(CC(C)C)N(C(=O)OC(C)(C)C)C(O)c1c(OC)cccc1OC. The molecule has 1 rings (SSSR count). The van der Waals surface area contributed by atoms with Crippen molar-refractivity contribution in [1.82, 2.24) is 4.90 Å². The molecule has 6 nitrogen and oxygen atoms in total. The zero-order valence-corrected chi connectivity index (χ0v) is 18.9. The summed E-state index contributed by atoms with van der Waals surface area (Å²) >= 11 is 0. The van der Waals surface area contributed by atoms with Crippen molar-refractivity contribution >= 4 is 6.09 Å². The molecule has 2 unspecified atom stereocenters. The number of benzene rings is 1. The van der Waals surface area contributed by atoms with Crippen LogP contribution in [0.3, 0.4) is 0 Å². The lowest BCUT2D eigenvalue weighted by atomic mass is 9.97. The first-order valence-electron chi connectivity index (χ1n) is 10.1. The lowest BCUT2D eigenvalue weighted by Gasteiger charge is -2.38. The fourth-order valence-corrected chi connectivity index (χ4v) is 3.26. The summed E-state index contributed by atoms with van der Waals surface area (Å²) in [4.78, 5) is 14.6. The average molecular weight is 408 g/mol. The van der Waals surface area contributed by atoms with Crippen LogP contribution in [0.5, 0.6) is 11.5 Å². The molecule has 0 saturated carbocycles. The predicted molar refractivity (Wildman–Crippen MR) is 115 cm³/mol. The van der Waals surface area contributed by atoms with Crippen LogP contribution >= 0.6 is 0 Å². The van der Waals surface area contributed by atoms with Crippen molar-refractivity contribution in [3.8, 4) is 11.5 Å². The molecule has 0 bridgehead atoms. The summed E-state index contributed by atoms with van der Waals surface area (Å²) < 4.78 is 16.5. The molecule has 1 aromatic carbocycles. The first-order chi connectivity index (χ1) is 13.6. The lowest BCUT2D eigenvalue weighted by molar-refractivity contribution is -0.0548. The molecule has 0 aliphatic carbocycles. The third kappa shape index (κ3) is 7.28. The molecule has 1 aromatic rings. The number of carbonyl (C=O) groups excluding carboxylic acids is 1. The van der Waals surface area contributed by atoms with E-state index < -0.39 is 17.9 Å². The van der Waals surface area contributed by atoms with Gasteiger partial charge in [-0.1, -0.05) is 26.0 Å². The summed E-state index contributed by atoms with van der Waals surface area (Å²) in [7, 11) is 3.04. The summed E-state index contributed by atoms with van der Waals surface area (Å²) in [5.74, 6) is 1.20. The third-order valence-corrected chi connectivity index (χ3v) is 4.43. The van der Waals surface area contributed by atoms with E-state index in [4.69, 9.17) is 14.2 Å². The van der Waals surface area contributed by atoms with Crippen molar-refractivity contribution in [3.05, 3.63) is 36.4 Å². The quantitative estimate of drug-likeness (QED) is 0.420. The largest absolute Gasteiger partial charge is 0.496 e. The van der Waals surface area contributed by atoms with Crippen LogP contribution in [0.2, 0.25) is 0 Å². The number of hydrogen-bond acceptors (Lipinski definition) is 5. The first-order valence-corrected chi connectivity index (χ1v) is 10.1. The molecular weight excluding hydrogens is 370 g/mol. The number of aliphatic hydroxyl groups excluding tert-OH is 1. The van der Waals surface area contributed by atoms with E-state index in [1.807, 2.05) is 6.08 Å². The average Bonchev–Trinajstić information content (AvgIpc) is 2.63. The summed E-state index contributed by atoms with van der Waals surface area (Å²) in [6, 6.07) is 4.99. The topological polar surface area (TPSA) is 68.2 Å². The van der Waals surface area contributed by atoms with Crippen molar-refractivity contribution in [2.75, 3.05) is 14.2 Å². The molecule has 0 heterocycles. The number of nitrogens with zero attached hydrogens (tertiary/aromatic N) is 1. The lowest BCUT2D eigenvalue weighted by Crippen LogP contribution is -2.46. The molecule has 0 radical (unpaired) electrons. The zero-order valence-electron chi connectivity index (χ0n) is 18.9. The van der Waals surface area contributed by atoms with E-state index in [2.05, 4.69) is 20.4 Å². The van der Waals surface area contributed by atoms with E-state index in [0.29, 0.717) is 42.2 Å². The second-order valence-electron chi connectivity index (χ2n) is 8.49. The Morgan fingerprint density at radius 3 is 2.17 bits per heavy atom. The predicted octanol–water partition coefficient (Wildman–Crippen LogP) is 5.31. The van der Waals surface area contributed by atoms with E-state index in [0.717, 1.165) is 0 Å². The van der Waals surface area contributed by atoms with Gasteiger partial charge in [-0.25, -0.2) is 4.79 Å². The Morgan fingerprint density at radius 2 is 1.76 bits per heavy atom. The number of carbonyl (C=O) groups is 1. The Bertz CT molecular complexity index is 643. The van der Waals surface area contributed by atoms with Gasteiger partial charge in [-0.2, -0.15) is 0 Å². The van der Waals surface area contributed by atoms with Crippen molar-refractivity contribution in [2.45, 2.75) is 71.8 Å². The molecule has 0 aliphatic heterocycles. The maximum Gasteiger partial charge on any atom is 0.412 e.